The van der Waals surface area contributed by atoms with Gasteiger partial charge in [0.15, 0.2) is 0 Å². The minimum Gasteiger partial charge on any atom is -0.463 e. The van der Waals surface area contributed by atoms with Gasteiger partial charge in [-0.3, -0.25) is 9.59 Å². The number of rotatable bonds is 36. The monoisotopic (exact) mass is 667 g/mol. The molecule has 0 unspecified atom stereocenters. The predicted molar refractivity (Wildman–Crippen MR) is 194 cm³/mol. The Hall–Kier alpha value is -1.70. The second-order valence-corrected chi connectivity index (χ2v) is 13.1. The summed E-state index contributed by atoms with van der Waals surface area (Å²) in [6, 6.07) is 0. The third kappa shape index (κ3) is 37.0. The zero-order chi connectivity index (χ0) is 34.5. The van der Waals surface area contributed by atoms with E-state index in [1.165, 1.54) is 38.5 Å². The second-order valence-electron chi connectivity index (χ2n) is 13.1. The van der Waals surface area contributed by atoms with E-state index in [0.29, 0.717) is 26.1 Å². The van der Waals surface area contributed by atoms with Crippen LogP contribution in [0.2, 0.25) is 0 Å². The SMILES string of the molecule is CCCCCC[C@@H](O)CC=CCCCCCCCC(=O)OCCOCCOC(=O)CCCCCCCC=CC[C@H](O)CCCCCC. The topological polar surface area (TPSA) is 102 Å². The summed E-state index contributed by atoms with van der Waals surface area (Å²) >= 11 is 0. The lowest BCUT2D eigenvalue weighted by molar-refractivity contribution is -0.146. The minimum atomic E-state index is -0.198. The lowest BCUT2D eigenvalue weighted by Gasteiger charge is -2.07. The number of carbonyl (C=O) groups excluding carboxylic acids is 2. The molecule has 0 amide bonds. The highest BCUT2D eigenvalue weighted by molar-refractivity contribution is 5.69. The van der Waals surface area contributed by atoms with Gasteiger partial charge in [-0.2, -0.15) is 0 Å². The number of allylic oxidation sites excluding steroid dienone is 2. The molecule has 0 aliphatic rings. The normalized spacial score (nSPS) is 13.0. The predicted octanol–water partition coefficient (Wildman–Crippen LogP) is 10.1. The van der Waals surface area contributed by atoms with Crippen molar-refractivity contribution in [3.05, 3.63) is 24.3 Å². The molecule has 7 nitrogen and oxygen atoms in total. The molecule has 0 aromatic heterocycles. The highest BCUT2D eigenvalue weighted by Crippen LogP contribution is 2.12. The summed E-state index contributed by atoms with van der Waals surface area (Å²) in [7, 11) is 0. The summed E-state index contributed by atoms with van der Waals surface area (Å²) in [6.45, 7) is 5.47. The van der Waals surface area contributed by atoms with E-state index in [9.17, 15) is 19.8 Å². The van der Waals surface area contributed by atoms with Crippen LogP contribution in [0.5, 0.6) is 0 Å². The summed E-state index contributed by atoms with van der Waals surface area (Å²) in [5.74, 6) is -0.368. The quantitative estimate of drug-likeness (QED) is 0.0390. The van der Waals surface area contributed by atoms with Gasteiger partial charge in [0.1, 0.15) is 13.2 Å². The number of ether oxygens (including phenoxy) is 3. The van der Waals surface area contributed by atoms with Gasteiger partial charge in [-0.15, -0.1) is 0 Å². The van der Waals surface area contributed by atoms with Crippen LogP contribution in [0.4, 0.5) is 0 Å². The van der Waals surface area contributed by atoms with Crippen LogP contribution >= 0.6 is 0 Å². The number of hydrogen-bond acceptors (Lipinski definition) is 7. The Labute approximate surface area is 289 Å². The van der Waals surface area contributed by atoms with Gasteiger partial charge in [0, 0.05) is 12.8 Å². The Kier molecular flexibility index (Phi) is 35.8. The smallest absolute Gasteiger partial charge is 0.305 e. The average molecular weight is 667 g/mol. The molecule has 276 valence electrons. The lowest BCUT2D eigenvalue weighted by atomic mass is 10.1. The largest absolute Gasteiger partial charge is 0.463 e. The van der Waals surface area contributed by atoms with Gasteiger partial charge in [-0.05, 0) is 64.2 Å². The molecule has 0 rings (SSSR count). The molecule has 0 heterocycles. The van der Waals surface area contributed by atoms with Crippen molar-refractivity contribution in [1.29, 1.82) is 0 Å². The molecular formula is C40H74O7. The minimum absolute atomic E-state index is 0.184. The van der Waals surface area contributed by atoms with E-state index in [-0.39, 0.29) is 37.4 Å². The van der Waals surface area contributed by atoms with Gasteiger partial charge in [0.25, 0.3) is 0 Å². The average Bonchev–Trinajstić information content (AvgIpc) is 3.06. The zero-order valence-corrected chi connectivity index (χ0v) is 30.6. The zero-order valence-electron chi connectivity index (χ0n) is 30.6. The van der Waals surface area contributed by atoms with Crippen LogP contribution in [0.3, 0.4) is 0 Å². The van der Waals surface area contributed by atoms with E-state index < -0.39 is 0 Å². The van der Waals surface area contributed by atoms with Gasteiger partial charge >= 0.3 is 11.9 Å². The fourth-order valence-electron chi connectivity index (χ4n) is 5.39. The van der Waals surface area contributed by atoms with Crippen molar-refractivity contribution in [1.82, 2.24) is 0 Å². The Balaban J connectivity index is 3.40. The van der Waals surface area contributed by atoms with Crippen LogP contribution < -0.4 is 0 Å². The molecule has 0 fully saturated rings. The molecule has 0 aliphatic carbocycles. The maximum atomic E-state index is 11.9. The van der Waals surface area contributed by atoms with Crippen LogP contribution in [-0.2, 0) is 23.8 Å². The van der Waals surface area contributed by atoms with E-state index in [1.54, 1.807) is 0 Å². The molecule has 0 radical (unpaired) electrons. The van der Waals surface area contributed by atoms with Crippen molar-refractivity contribution in [2.75, 3.05) is 26.4 Å². The van der Waals surface area contributed by atoms with Crippen molar-refractivity contribution >= 4 is 11.9 Å². The summed E-state index contributed by atoms with van der Waals surface area (Å²) in [5, 5.41) is 20.0. The van der Waals surface area contributed by atoms with Gasteiger partial charge in [0.05, 0.1) is 25.4 Å². The summed E-state index contributed by atoms with van der Waals surface area (Å²) < 4.78 is 15.9. The number of aliphatic hydroxyl groups is 2. The third-order valence-electron chi connectivity index (χ3n) is 8.42. The van der Waals surface area contributed by atoms with Crippen molar-refractivity contribution in [2.45, 2.75) is 193 Å². The molecule has 47 heavy (non-hydrogen) atoms. The Bertz CT molecular complexity index is 676. The standard InChI is InChI=1S/C40H74O7/c1-3-5-7-21-27-37(41)29-23-17-13-9-11-15-19-25-31-39(43)46-35-33-45-34-36-47-40(44)32-26-20-16-12-10-14-18-24-30-38(42)28-22-8-6-4-2/h17-18,23-24,37-38,41-42H,3-16,19-22,25-36H2,1-2H3/t37-,38-/m1/s1. The molecule has 7 heteroatoms. The van der Waals surface area contributed by atoms with Gasteiger partial charge in [0.2, 0.25) is 0 Å². The summed E-state index contributed by atoms with van der Waals surface area (Å²) in [6.07, 6.45) is 34.8. The van der Waals surface area contributed by atoms with Gasteiger partial charge < -0.3 is 24.4 Å². The molecule has 0 bridgehead atoms. The first kappa shape index (κ1) is 45.3. The van der Waals surface area contributed by atoms with E-state index in [4.69, 9.17) is 14.2 Å². The molecule has 0 saturated heterocycles. The number of aliphatic hydroxyl groups excluding tert-OH is 2. The van der Waals surface area contributed by atoms with Crippen LogP contribution in [-0.4, -0.2) is 60.8 Å². The molecule has 2 atom stereocenters. The first-order valence-corrected chi connectivity index (χ1v) is 19.5. The first-order valence-electron chi connectivity index (χ1n) is 19.5. The molecular weight excluding hydrogens is 592 g/mol. The van der Waals surface area contributed by atoms with Crippen LogP contribution in [0.15, 0.2) is 24.3 Å². The van der Waals surface area contributed by atoms with Crippen LogP contribution in [0.25, 0.3) is 0 Å². The molecule has 0 aromatic rings. The summed E-state index contributed by atoms with van der Waals surface area (Å²) in [4.78, 5) is 23.8. The van der Waals surface area contributed by atoms with E-state index in [2.05, 4.69) is 38.2 Å². The van der Waals surface area contributed by atoms with Crippen molar-refractivity contribution in [3.63, 3.8) is 0 Å². The molecule has 0 aliphatic heterocycles. The van der Waals surface area contributed by atoms with Crippen LogP contribution in [0.1, 0.15) is 181 Å². The molecule has 0 spiro atoms. The second kappa shape index (κ2) is 37.1. The van der Waals surface area contributed by atoms with Crippen molar-refractivity contribution < 1.29 is 34.0 Å². The van der Waals surface area contributed by atoms with Crippen LogP contribution in [0, 0.1) is 0 Å². The highest BCUT2D eigenvalue weighted by atomic mass is 16.6. The third-order valence-corrected chi connectivity index (χ3v) is 8.42. The van der Waals surface area contributed by atoms with E-state index in [0.717, 1.165) is 116 Å². The Morgan fingerprint density at radius 3 is 1.30 bits per heavy atom. The fraction of sp³-hybridized carbons (Fsp3) is 0.850. The number of carbonyl (C=O) groups is 2. The van der Waals surface area contributed by atoms with Crippen molar-refractivity contribution in [3.8, 4) is 0 Å². The maximum absolute atomic E-state index is 11.9. The van der Waals surface area contributed by atoms with Gasteiger partial charge in [-0.25, -0.2) is 0 Å². The molecule has 2 N–H and O–H groups in total. The van der Waals surface area contributed by atoms with E-state index in [1.807, 2.05) is 0 Å². The number of unbranched alkanes of at least 4 members (excludes halogenated alkanes) is 16. The molecule has 0 saturated carbocycles. The first-order chi connectivity index (χ1) is 23.0. The fourth-order valence-corrected chi connectivity index (χ4v) is 5.39. The number of hydrogen-bond donors (Lipinski definition) is 2. The Morgan fingerprint density at radius 2 is 0.872 bits per heavy atom. The lowest BCUT2D eigenvalue weighted by Crippen LogP contribution is -2.14. The highest BCUT2D eigenvalue weighted by Gasteiger charge is 2.05. The van der Waals surface area contributed by atoms with E-state index >= 15 is 0 Å². The maximum Gasteiger partial charge on any atom is 0.305 e. The summed E-state index contributed by atoms with van der Waals surface area (Å²) in [5.41, 5.74) is 0. The Morgan fingerprint density at radius 1 is 0.489 bits per heavy atom. The van der Waals surface area contributed by atoms with Crippen molar-refractivity contribution in [2.24, 2.45) is 0 Å². The van der Waals surface area contributed by atoms with Gasteiger partial charge in [-0.1, -0.05) is 128 Å². The number of esters is 2. The molecule has 0 aromatic carbocycles.